The lowest BCUT2D eigenvalue weighted by molar-refractivity contribution is -0.123. The van der Waals surface area contributed by atoms with Crippen molar-refractivity contribution in [3.05, 3.63) is 35.4 Å². The molecule has 1 amide bonds. The molecule has 0 saturated carbocycles. The summed E-state index contributed by atoms with van der Waals surface area (Å²) in [5, 5.41) is 10.5. The minimum Gasteiger partial charge on any atom is -0.390 e. The number of rotatable bonds is 8. The van der Waals surface area contributed by atoms with Gasteiger partial charge in [0.25, 0.3) is 5.92 Å². The normalized spacial score (nSPS) is 11.4. The molecule has 0 heterocycles. The highest BCUT2D eigenvalue weighted by molar-refractivity contribution is 5.78. The van der Waals surface area contributed by atoms with E-state index in [4.69, 9.17) is 5.11 Å². The van der Waals surface area contributed by atoms with Crippen LogP contribution in [0.3, 0.4) is 0 Å². The number of aliphatic hydroxyl groups is 1. The first-order valence-corrected chi connectivity index (χ1v) is 6.80. The Bertz CT molecular complexity index is 418. The van der Waals surface area contributed by atoms with Crippen molar-refractivity contribution in [2.24, 2.45) is 0 Å². The first kappa shape index (κ1) is 16.6. The number of alkyl halides is 2. The fraction of sp³-hybridized carbons (Fsp3) is 0.533. The van der Waals surface area contributed by atoms with Crippen molar-refractivity contribution in [1.82, 2.24) is 5.32 Å². The van der Waals surface area contributed by atoms with E-state index in [1.165, 1.54) is 5.56 Å². The van der Waals surface area contributed by atoms with Crippen molar-refractivity contribution >= 4 is 5.91 Å². The highest BCUT2D eigenvalue weighted by atomic mass is 19.3. The molecule has 0 aliphatic rings. The maximum Gasteiger partial charge on any atom is 0.287 e. The third-order valence-corrected chi connectivity index (χ3v) is 2.98. The average molecular weight is 285 g/mol. The fourth-order valence-corrected chi connectivity index (χ4v) is 1.74. The Morgan fingerprint density at radius 2 is 1.85 bits per heavy atom. The zero-order valence-electron chi connectivity index (χ0n) is 11.7. The molecule has 0 aromatic heterocycles. The topological polar surface area (TPSA) is 49.3 Å². The van der Waals surface area contributed by atoms with Gasteiger partial charge in [0.15, 0.2) is 0 Å². The molecule has 20 heavy (non-hydrogen) atoms. The Hall–Kier alpha value is -1.49. The first-order valence-electron chi connectivity index (χ1n) is 6.80. The van der Waals surface area contributed by atoms with E-state index >= 15 is 0 Å². The molecule has 0 fully saturated rings. The fourth-order valence-electron chi connectivity index (χ4n) is 1.74. The van der Waals surface area contributed by atoms with Gasteiger partial charge in [-0.2, -0.15) is 0 Å². The molecular formula is C15H21F2NO2. The molecule has 0 bridgehead atoms. The van der Waals surface area contributed by atoms with Crippen LogP contribution < -0.4 is 5.32 Å². The molecule has 0 radical (unpaired) electrons. The van der Waals surface area contributed by atoms with Crippen molar-refractivity contribution < 1.29 is 18.7 Å². The molecule has 112 valence electrons. The van der Waals surface area contributed by atoms with E-state index in [0.717, 1.165) is 24.8 Å². The van der Waals surface area contributed by atoms with Crippen LogP contribution in [0, 0.1) is 0 Å². The van der Waals surface area contributed by atoms with Gasteiger partial charge >= 0.3 is 0 Å². The van der Waals surface area contributed by atoms with Crippen molar-refractivity contribution in [3.8, 4) is 0 Å². The summed E-state index contributed by atoms with van der Waals surface area (Å²) in [5.41, 5.74) is 2.00. The SMILES string of the molecule is CCCCc1ccc(CC(=O)NCC(F)(F)CO)cc1. The lowest BCUT2D eigenvalue weighted by Crippen LogP contribution is -2.39. The monoisotopic (exact) mass is 285 g/mol. The number of nitrogens with one attached hydrogen (secondary N) is 1. The van der Waals surface area contributed by atoms with Crippen LogP contribution in [0.25, 0.3) is 0 Å². The molecule has 1 aromatic carbocycles. The van der Waals surface area contributed by atoms with Crippen LogP contribution in [-0.2, 0) is 17.6 Å². The van der Waals surface area contributed by atoms with Crippen LogP contribution in [0.4, 0.5) is 8.78 Å². The molecule has 0 saturated heterocycles. The predicted octanol–water partition coefficient (Wildman–Crippen LogP) is 2.32. The van der Waals surface area contributed by atoms with Gasteiger partial charge in [-0.25, -0.2) is 8.78 Å². The smallest absolute Gasteiger partial charge is 0.287 e. The van der Waals surface area contributed by atoms with Gasteiger partial charge in [0.1, 0.15) is 6.61 Å². The molecule has 0 atom stereocenters. The van der Waals surface area contributed by atoms with Crippen molar-refractivity contribution in [2.75, 3.05) is 13.2 Å². The quantitative estimate of drug-likeness (QED) is 0.770. The summed E-state index contributed by atoms with van der Waals surface area (Å²) in [4.78, 5) is 11.5. The lowest BCUT2D eigenvalue weighted by Gasteiger charge is -2.13. The molecule has 0 aliphatic carbocycles. The van der Waals surface area contributed by atoms with Crippen molar-refractivity contribution in [3.63, 3.8) is 0 Å². The largest absolute Gasteiger partial charge is 0.390 e. The van der Waals surface area contributed by atoms with Gasteiger partial charge in [0.05, 0.1) is 13.0 Å². The number of benzene rings is 1. The van der Waals surface area contributed by atoms with Gasteiger partial charge in [-0.15, -0.1) is 0 Å². The van der Waals surface area contributed by atoms with E-state index in [9.17, 15) is 13.6 Å². The number of carbonyl (C=O) groups excluding carboxylic acids is 1. The average Bonchev–Trinajstić information content (AvgIpc) is 2.45. The maximum absolute atomic E-state index is 12.8. The van der Waals surface area contributed by atoms with Gasteiger partial charge in [0.2, 0.25) is 5.91 Å². The maximum atomic E-state index is 12.8. The Morgan fingerprint density at radius 1 is 1.25 bits per heavy atom. The number of hydrogen-bond donors (Lipinski definition) is 2. The molecule has 0 spiro atoms. The Morgan fingerprint density at radius 3 is 2.40 bits per heavy atom. The highest BCUT2D eigenvalue weighted by Gasteiger charge is 2.27. The second kappa shape index (κ2) is 7.94. The summed E-state index contributed by atoms with van der Waals surface area (Å²) in [6.07, 6.45) is 3.32. The minimum absolute atomic E-state index is 0.0650. The van der Waals surface area contributed by atoms with E-state index in [1.54, 1.807) is 0 Å². The minimum atomic E-state index is -3.26. The van der Waals surface area contributed by atoms with E-state index in [-0.39, 0.29) is 6.42 Å². The zero-order chi connectivity index (χ0) is 15.0. The zero-order valence-corrected chi connectivity index (χ0v) is 11.7. The predicted molar refractivity (Wildman–Crippen MR) is 73.8 cm³/mol. The van der Waals surface area contributed by atoms with Crippen LogP contribution in [-0.4, -0.2) is 30.1 Å². The second-order valence-electron chi connectivity index (χ2n) is 4.89. The molecule has 1 aromatic rings. The van der Waals surface area contributed by atoms with Crippen LogP contribution in [0.2, 0.25) is 0 Å². The number of amides is 1. The molecule has 0 unspecified atom stereocenters. The number of carbonyl (C=O) groups is 1. The highest BCUT2D eigenvalue weighted by Crippen LogP contribution is 2.11. The van der Waals surface area contributed by atoms with Crippen LogP contribution in [0.5, 0.6) is 0 Å². The van der Waals surface area contributed by atoms with Crippen molar-refractivity contribution in [1.29, 1.82) is 0 Å². The van der Waals surface area contributed by atoms with E-state index in [0.29, 0.717) is 0 Å². The standard InChI is InChI=1S/C15H21F2NO2/c1-2-3-4-12-5-7-13(8-6-12)9-14(20)18-10-15(16,17)11-19/h5-8,19H,2-4,9-11H2,1H3,(H,18,20). The molecule has 5 heteroatoms. The van der Waals surface area contributed by atoms with Gasteiger partial charge in [-0.3, -0.25) is 4.79 Å². The van der Waals surface area contributed by atoms with E-state index in [2.05, 4.69) is 12.2 Å². The molecule has 2 N–H and O–H groups in total. The summed E-state index contributed by atoms with van der Waals surface area (Å²) in [6, 6.07) is 7.60. The summed E-state index contributed by atoms with van der Waals surface area (Å²) in [6.45, 7) is 0.0250. The Balaban J connectivity index is 2.42. The molecule has 1 rings (SSSR count). The van der Waals surface area contributed by atoms with E-state index < -0.39 is 25.0 Å². The van der Waals surface area contributed by atoms with Gasteiger partial charge < -0.3 is 10.4 Å². The number of halogens is 2. The van der Waals surface area contributed by atoms with Gasteiger partial charge in [0, 0.05) is 0 Å². The Labute approximate surface area is 118 Å². The summed E-state index contributed by atoms with van der Waals surface area (Å²) in [5.74, 6) is -3.74. The third-order valence-electron chi connectivity index (χ3n) is 2.98. The van der Waals surface area contributed by atoms with Gasteiger partial charge in [-0.1, -0.05) is 37.6 Å². The van der Waals surface area contributed by atoms with Crippen LogP contribution in [0.15, 0.2) is 24.3 Å². The van der Waals surface area contributed by atoms with E-state index in [1.807, 2.05) is 24.3 Å². The number of unbranched alkanes of at least 4 members (excludes halogenated alkanes) is 1. The van der Waals surface area contributed by atoms with Crippen LogP contribution in [0.1, 0.15) is 30.9 Å². The Kier molecular flexibility index (Phi) is 6.58. The van der Waals surface area contributed by atoms with Crippen LogP contribution >= 0.6 is 0 Å². The number of hydrogen-bond acceptors (Lipinski definition) is 2. The summed E-state index contributed by atoms with van der Waals surface area (Å²) in [7, 11) is 0. The second-order valence-corrected chi connectivity index (χ2v) is 4.89. The summed E-state index contributed by atoms with van der Waals surface area (Å²) >= 11 is 0. The lowest BCUT2D eigenvalue weighted by atomic mass is 10.0. The molecule has 3 nitrogen and oxygen atoms in total. The first-order chi connectivity index (χ1) is 9.46. The van der Waals surface area contributed by atoms with Gasteiger partial charge in [-0.05, 0) is 24.0 Å². The molecular weight excluding hydrogens is 264 g/mol. The molecule has 0 aliphatic heterocycles. The summed E-state index contributed by atoms with van der Waals surface area (Å²) < 4.78 is 25.5. The third kappa shape index (κ3) is 6.10. The number of aryl methyl sites for hydroxylation is 1. The number of aliphatic hydroxyl groups excluding tert-OH is 1. The van der Waals surface area contributed by atoms with Crippen molar-refractivity contribution in [2.45, 2.75) is 38.5 Å².